The number of epoxide rings is 3. The topological polar surface area (TPSA) is 148 Å². The Bertz CT molecular complexity index is 1570. The third kappa shape index (κ3) is 7.73. The third-order valence-electron chi connectivity index (χ3n) is 15.0. The van der Waals surface area contributed by atoms with Gasteiger partial charge in [0.15, 0.2) is 11.7 Å². The summed E-state index contributed by atoms with van der Waals surface area (Å²) in [4.78, 5) is 50.8. The van der Waals surface area contributed by atoms with Gasteiger partial charge in [0.1, 0.15) is 30.0 Å². The van der Waals surface area contributed by atoms with Crippen LogP contribution in [-0.4, -0.2) is 95.7 Å². The average Bonchev–Trinajstić information content (AvgIpc) is 4.14. The first kappa shape index (κ1) is 41.9. The van der Waals surface area contributed by atoms with E-state index < -0.39 is 28.9 Å². The lowest BCUT2D eigenvalue weighted by molar-refractivity contribution is -0.169. The molecule has 0 radical (unpaired) electrons. The van der Waals surface area contributed by atoms with Crippen LogP contribution in [0, 0.1) is 17.3 Å². The van der Waals surface area contributed by atoms with E-state index in [4.69, 9.17) is 23.7 Å². The van der Waals surface area contributed by atoms with Crippen LogP contribution >= 0.6 is 21.6 Å². The molecule has 5 heterocycles. The molecule has 8 rings (SSSR count). The van der Waals surface area contributed by atoms with Gasteiger partial charge >= 0.3 is 11.9 Å². The van der Waals surface area contributed by atoms with Crippen molar-refractivity contribution in [2.24, 2.45) is 17.3 Å². The first-order chi connectivity index (χ1) is 27.6. The minimum absolute atomic E-state index is 0.00261. The number of rotatable bonds is 23. The van der Waals surface area contributed by atoms with Crippen molar-refractivity contribution >= 4 is 45.3 Å². The Kier molecular flexibility index (Phi) is 12.7. The lowest BCUT2D eigenvalue weighted by Crippen LogP contribution is -2.70. The normalized spacial score (nSPS) is 37.6. The lowest BCUT2D eigenvalue weighted by atomic mass is 9.46. The molecule has 5 aliphatic heterocycles. The van der Waals surface area contributed by atoms with Crippen LogP contribution in [0.2, 0.25) is 0 Å². The predicted molar refractivity (Wildman–Crippen MR) is 219 cm³/mol. The number of nitrogens with one attached hydrogen (secondary N) is 2. The van der Waals surface area contributed by atoms with Crippen molar-refractivity contribution in [2.75, 3.05) is 25.4 Å². The number of hydrogen-bond acceptors (Lipinski definition) is 11. The summed E-state index contributed by atoms with van der Waals surface area (Å²) in [5, 5.41) is 6.90. The number of carbonyl (C=O) groups excluding carboxylic acids is 4. The maximum absolute atomic E-state index is 13.5. The molecular formula is C44H66N2O9S2. The average molecular weight is 831 g/mol. The van der Waals surface area contributed by atoms with Crippen LogP contribution in [0.3, 0.4) is 0 Å². The Morgan fingerprint density at radius 2 is 1.53 bits per heavy atom. The van der Waals surface area contributed by atoms with Gasteiger partial charge in [-0.15, -0.1) is 0 Å². The molecule has 3 aliphatic carbocycles. The molecule has 2 saturated carbocycles. The van der Waals surface area contributed by atoms with E-state index in [0.717, 1.165) is 67.9 Å². The molecular weight excluding hydrogens is 765 g/mol. The first-order valence-electron chi connectivity index (χ1n) is 22.5. The van der Waals surface area contributed by atoms with E-state index in [1.54, 1.807) is 0 Å². The van der Waals surface area contributed by atoms with Gasteiger partial charge < -0.3 is 34.3 Å². The van der Waals surface area contributed by atoms with Crippen molar-refractivity contribution in [3.8, 4) is 0 Å². The smallest absolute Gasteiger partial charge is 0.334 e. The Hall–Kier alpha value is -1.80. The molecule has 0 aromatic carbocycles. The molecule has 6 fully saturated rings. The summed E-state index contributed by atoms with van der Waals surface area (Å²) in [7, 11) is 4.01. The summed E-state index contributed by atoms with van der Waals surface area (Å²) in [6.07, 6.45) is 18.2. The SMILES string of the molecule is CC(C)C12OC1C1OC13C1(C)CCC4=C(COC4=O)C1CC1OC13C2OC(=O)CCC(=O)NCCCCCCCCCCCCNC(=O)CCCCC1CCSS1. The second-order valence-corrected chi connectivity index (χ2v) is 21.5. The molecule has 2 amide bonds. The van der Waals surface area contributed by atoms with Crippen LogP contribution in [-0.2, 0) is 42.9 Å². The number of hydrogen-bond donors (Lipinski definition) is 2. The number of amides is 2. The highest BCUT2D eigenvalue weighted by atomic mass is 33.1. The van der Waals surface area contributed by atoms with Gasteiger partial charge in [0.25, 0.3) is 0 Å². The van der Waals surface area contributed by atoms with Gasteiger partial charge in [-0.25, -0.2) is 4.79 Å². The molecule has 10 unspecified atom stereocenters. The molecule has 0 bridgehead atoms. The zero-order valence-electron chi connectivity index (χ0n) is 34.5. The maximum Gasteiger partial charge on any atom is 0.334 e. The highest BCUT2D eigenvalue weighted by Gasteiger charge is 3.01. The molecule has 2 spiro atoms. The summed E-state index contributed by atoms with van der Waals surface area (Å²) in [6, 6.07) is 0. The van der Waals surface area contributed by atoms with Crippen LogP contribution in [0.5, 0.6) is 0 Å². The fourth-order valence-electron chi connectivity index (χ4n) is 11.8. The summed E-state index contributed by atoms with van der Waals surface area (Å²) < 4.78 is 31.9. The van der Waals surface area contributed by atoms with E-state index in [2.05, 4.69) is 31.4 Å². The van der Waals surface area contributed by atoms with Crippen molar-refractivity contribution in [3.63, 3.8) is 0 Å². The third-order valence-corrected chi connectivity index (χ3v) is 18.0. The van der Waals surface area contributed by atoms with E-state index in [1.165, 1.54) is 63.5 Å². The Morgan fingerprint density at radius 3 is 2.19 bits per heavy atom. The quantitative estimate of drug-likeness (QED) is 0.0463. The Labute approximate surface area is 347 Å². The fraction of sp³-hybridized carbons (Fsp3) is 0.864. The monoisotopic (exact) mass is 830 g/mol. The molecule has 10 atom stereocenters. The molecule has 0 aromatic heterocycles. The molecule has 0 aromatic rings. The van der Waals surface area contributed by atoms with E-state index in [0.29, 0.717) is 26.0 Å². The van der Waals surface area contributed by atoms with Crippen LogP contribution in [0.4, 0.5) is 0 Å². The van der Waals surface area contributed by atoms with Crippen molar-refractivity contribution < 1.29 is 42.9 Å². The zero-order chi connectivity index (χ0) is 39.8. The molecule has 4 saturated heterocycles. The minimum atomic E-state index is -0.786. The summed E-state index contributed by atoms with van der Waals surface area (Å²) in [5.74, 6) is 0.968. The predicted octanol–water partition coefficient (Wildman–Crippen LogP) is 7.28. The largest absolute Gasteiger partial charge is 0.458 e. The first-order valence-corrected chi connectivity index (χ1v) is 24.9. The van der Waals surface area contributed by atoms with E-state index in [1.807, 2.05) is 21.6 Å². The molecule has 11 nitrogen and oxygen atoms in total. The van der Waals surface area contributed by atoms with Crippen molar-refractivity contribution in [2.45, 2.75) is 196 Å². The van der Waals surface area contributed by atoms with Gasteiger partial charge in [-0.05, 0) is 68.8 Å². The molecule has 57 heavy (non-hydrogen) atoms. The fourth-order valence-corrected chi connectivity index (χ4v) is 14.8. The highest BCUT2D eigenvalue weighted by molar-refractivity contribution is 8.77. The number of unbranched alkanes of at least 4 members (excludes halogenated alkanes) is 10. The van der Waals surface area contributed by atoms with Gasteiger partial charge in [0, 0.05) is 47.9 Å². The molecule has 318 valence electrons. The number of fused-ring (bicyclic) bond motifs is 4. The van der Waals surface area contributed by atoms with Gasteiger partial charge in [0.2, 0.25) is 11.8 Å². The maximum atomic E-state index is 13.5. The highest BCUT2D eigenvalue weighted by Crippen LogP contribution is 2.83. The number of esters is 2. The Morgan fingerprint density at radius 1 is 0.842 bits per heavy atom. The van der Waals surface area contributed by atoms with Gasteiger partial charge in [-0.1, -0.05) is 100 Å². The number of ether oxygens (including phenoxy) is 5. The standard InChI is InChI=1S/C44H66N2O9S2/c1-28(2)42-37(54-42)38-44(55-38)41(3)22-20-30-31(27-51-39(30)50)32(41)26-33-43(44,53-33)40(42)52-36(49)19-18-35(48)46-24-15-11-9-7-5-4-6-8-10-14-23-45-34(47)17-13-12-16-29-21-25-56-57-29/h28-29,32-33,37-38,40H,4-27H2,1-3H3,(H,45,47)(H,46,48). The van der Waals surface area contributed by atoms with Gasteiger partial charge in [-0.3, -0.25) is 14.4 Å². The summed E-state index contributed by atoms with van der Waals surface area (Å²) in [5.41, 5.74) is -0.469. The lowest BCUT2D eigenvalue weighted by Gasteiger charge is -2.53. The van der Waals surface area contributed by atoms with Crippen molar-refractivity contribution in [1.82, 2.24) is 10.6 Å². The van der Waals surface area contributed by atoms with E-state index >= 15 is 0 Å². The van der Waals surface area contributed by atoms with E-state index in [-0.39, 0.29) is 66.2 Å². The Balaban J connectivity index is 0.676. The summed E-state index contributed by atoms with van der Waals surface area (Å²) in [6.45, 7) is 8.25. The summed E-state index contributed by atoms with van der Waals surface area (Å²) >= 11 is 0. The van der Waals surface area contributed by atoms with Crippen LogP contribution in [0.15, 0.2) is 11.1 Å². The van der Waals surface area contributed by atoms with Crippen LogP contribution in [0.1, 0.15) is 149 Å². The van der Waals surface area contributed by atoms with Crippen LogP contribution < -0.4 is 10.6 Å². The zero-order valence-corrected chi connectivity index (χ0v) is 36.1. The molecule has 2 N–H and O–H groups in total. The second kappa shape index (κ2) is 17.3. The minimum Gasteiger partial charge on any atom is -0.458 e. The molecule has 8 aliphatic rings. The van der Waals surface area contributed by atoms with Crippen LogP contribution in [0.25, 0.3) is 0 Å². The second-order valence-electron chi connectivity index (χ2n) is 18.7. The number of carbonyl (C=O) groups is 4. The van der Waals surface area contributed by atoms with E-state index in [9.17, 15) is 19.2 Å². The van der Waals surface area contributed by atoms with Crippen molar-refractivity contribution in [3.05, 3.63) is 11.1 Å². The van der Waals surface area contributed by atoms with Crippen molar-refractivity contribution in [1.29, 1.82) is 0 Å². The van der Waals surface area contributed by atoms with Gasteiger partial charge in [0.05, 0.1) is 12.5 Å². The van der Waals surface area contributed by atoms with Gasteiger partial charge in [-0.2, -0.15) is 0 Å². The number of cyclic esters (lactones) is 1. The molecule has 13 heteroatoms.